The fourth-order valence-electron chi connectivity index (χ4n) is 2.75. The summed E-state index contributed by atoms with van der Waals surface area (Å²) in [4.78, 5) is 27.0. The van der Waals surface area contributed by atoms with Gasteiger partial charge in [-0.1, -0.05) is 30.3 Å². The molecule has 5 heteroatoms. The molecule has 1 unspecified atom stereocenters. The molecule has 0 saturated carbocycles. The van der Waals surface area contributed by atoms with E-state index in [1.54, 1.807) is 12.1 Å². The van der Waals surface area contributed by atoms with E-state index in [0.717, 1.165) is 31.4 Å². The highest BCUT2D eigenvalue weighted by Gasteiger charge is 2.16. The summed E-state index contributed by atoms with van der Waals surface area (Å²) in [7, 11) is 0. The standard InChI is InChI=1S/C18H20N2O3/c21-17(19-11-10-14-7-4-12-23-14)15-8-9-16(20-18(15)22)13-5-2-1-3-6-13/h1-3,5-6,8-9,14H,4,7,10-12H2,(H,19,21)(H,20,22). The highest BCUT2D eigenvalue weighted by molar-refractivity contribution is 5.94. The van der Waals surface area contributed by atoms with Crippen LogP contribution in [0.3, 0.4) is 0 Å². The van der Waals surface area contributed by atoms with Gasteiger partial charge in [-0.2, -0.15) is 0 Å². The molecule has 1 atom stereocenters. The number of aromatic amines is 1. The Morgan fingerprint density at radius 2 is 2.04 bits per heavy atom. The molecule has 3 rings (SSSR count). The number of ether oxygens (including phenoxy) is 1. The van der Waals surface area contributed by atoms with Crippen molar-refractivity contribution >= 4 is 5.91 Å². The van der Waals surface area contributed by atoms with Crippen LogP contribution in [0.4, 0.5) is 0 Å². The zero-order valence-corrected chi connectivity index (χ0v) is 12.9. The lowest BCUT2D eigenvalue weighted by atomic mass is 10.1. The molecule has 23 heavy (non-hydrogen) atoms. The summed E-state index contributed by atoms with van der Waals surface area (Å²) < 4.78 is 5.51. The Hall–Kier alpha value is -2.40. The molecule has 5 nitrogen and oxygen atoms in total. The third kappa shape index (κ3) is 3.87. The average Bonchev–Trinajstić information content (AvgIpc) is 3.09. The van der Waals surface area contributed by atoms with Gasteiger partial charge in [0.2, 0.25) is 0 Å². The molecule has 2 aromatic rings. The van der Waals surface area contributed by atoms with Gasteiger partial charge in [0.15, 0.2) is 0 Å². The summed E-state index contributed by atoms with van der Waals surface area (Å²) in [6.07, 6.45) is 3.14. The lowest BCUT2D eigenvalue weighted by Gasteiger charge is -2.10. The summed E-state index contributed by atoms with van der Waals surface area (Å²) in [5.74, 6) is -0.344. The van der Waals surface area contributed by atoms with E-state index >= 15 is 0 Å². The number of amides is 1. The first-order valence-electron chi connectivity index (χ1n) is 7.92. The van der Waals surface area contributed by atoms with Crippen molar-refractivity contribution in [2.24, 2.45) is 0 Å². The van der Waals surface area contributed by atoms with E-state index in [4.69, 9.17) is 4.74 Å². The molecule has 2 heterocycles. The molecule has 1 saturated heterocycles. The number of nitrogens with one attached hydrogen (secondary N) is 2. The first-order chi connectivity index (χ1) is 11.2. The number of rotatable bonds is 5. The molecule has 120 valence electrons. The lowest BCUT2D eigenvalue weighted by Crippen LogP contribution is -2.31. The quantitative estimate of drug-likeness (QED) is 0.890. The van der Waals surface area contributed by atoms with E-state index in [9.17, 15) is 9.59 Å². The number of carbonyl (C=O) groups is 1. The van der Waals surface area contributed by atoms with Crippen molar-refractivity contribution in [2.45, 2.75) is 25.4 Å². The second kappa shape index (κ2) is 7.24. The van der Waals surface area contributed by atoms with Crippen LogP contribution < -0.4 is 10.9 Å². The molecule has 1 fully saturated rings. The van der Waals surface area contributed by atoms with Crippen LogP contribution in [0.1, 0.15) is 29.6 Å². The maximum atomic E-state index is 12.1. The SMILES string of the molecule is O=C(NCCC1CCCO1)c1ccc(-c2ccccc2)[nH]c1=O. The van der Waals surface area contributed by atoms with Crippen LogP contribution >= 0.6 is 0 Å². The Morgan fingerprint density at radius 3 is 2.74 bits per heavy atom. The summed E-state index contributed by atoms with van der Waals surface area (Å²) >= 11 is 0. The third-order valence-electron chi connectivity index (χ3n) is 4.01. The Labute approximate surface area is 134 Å². The number of hydrogen-bond donors (Lipinski definition) is 2. The van der Waals surface area contributed by atoms with Crippen LogP contribution in [-0.2, 0) is 4.74 Å². The smallest absolute Gasteiger partial charge is 0.261 e. The van der Waals surface area contributed by atoms with Crippen molar-refractivity contribution in [3.05, 3.63) is 58.4 Å². The Kier molecular flexibility index (Phi) is 4.88. The van der Waals surface area contributed by atoms with Gasteiger partial charge < -0.3 is 15.0 Å². The zero-order valence-electron chi connectivity index (χ0n) is 12.9. The van der Waals surface area contributed by atoms with Crippen LogP contribution in [0.2, 0.25) is 0 Å². The Bertz CT molecular complexity index is 719. The van der Waals surface area contributed by atoms with Crippen molar-refractivity contribution in [3.63, 3.8) is 0 Å². The van der Waals surface area contributed by atoms with Crippen LogP contribution in [0.5, 0.6) is 0 Å². The minimum atomic E-state index is -0.374. The first-order valence-corrected chi connectivity index (χ1v) is 7.92. The van der Waals surface area contributed by atoms with Gasteiger partial charge in [-0.25, -0.2) is 0 Å². The van der Waals surface area contributed by atoms with E-state index in [2.05, 4.69) is 10.3 Å². The van der Waals surface area contributed by atoms with Crippen molar-refractivity contribution in [1.29, 1.82) is 0 Å². The number of benzene rings is 1. The predicted molar refractivity (Wildman–Crippen MR) is 88.4 cm³/mol. The zero-order chi connectivity index (χ0) is 16.1. The molecule has 1 aliphatic heterocycles. The number of pyridine rings is 1. The molecule has 2 N–H and O–H groups in total. The minimum Gasteiger partial charge on any atom is -0.378 e. The maximum Gasteiger partial charge on any atom is 0.261 e. The van der Waals surface area contributed by atoms with Gasteiger partial charge >= 0.3 is 0 Å². The monoisotopic (exact) mass is 312 g/mol. The van der Waals surface area contributed by atoms with Gasteiger partial charge in [0.1, 0.15) is 5.56 Å². The third-order valence-corrected chi connectivity index (χ3v) is 4.01. The largest absolute Gasteiger partial charge is 0.378 e. The number of carbonyl (C=O) groups excluding carboxylic acids is 1. The highest BCUT2D eigenvalue weighted by atomic mass is 16.5. The van der Waals surface area contributed by atoms with Gasteiger partial charge in [-0.3, -0.25) is 9.59 Å². The minimum absolute atomic E-state index is 0.136. The molecular weight excluding hydrogens is 292 g/mol. The van der Waals surface area contributed by atoms with Gasteiger partial charge in [-0.05, 0) is 37.0 Å². The van der Waals surface area contributed by atoms with Gasteiger partial charge in [0, 0.05) is 18.8 Å². The molecule has 1 amide bonds. The molecule has 1 aromatic heterocycles. The summed E-state index contributed by atoms with van der Waals surface area (Å²) in [6.45, 7) is 1.32. The predicted octanol–water partition coefficient (Wildman–Crippen LogP) is 2.34. The molecular formula is C18H20N2O3. The average molecular weight is 312 g/mol. The molecule has 0 bridgehead atoms. The van der Waals surface area contributed by atoms with Gasteiger partial charge in [-0.15, -0.1) is 0 Å². The second-order valence-corrected chi connectivity index (χ2v) is 5.66. The Balaban J connectivity index is 1.63. The summed E-state index contributed by atoms with van der Waals surface area (Å²) in [6, 6.07) is 12.9. The number of aromatic nitrogens is 1. The van der Waals surface area contributed by atoms with E-state index in [1.165, 1.54) is 0 Å². The Morgan fingerprint density at radius 1 is 1.22 bits per heavy atom. The van der Waals surface area contributed by atoms with Crippen LogP contribution in [-0.4, -0.2) is 30.1 Å². The van der Waals surface area contributed by atoms with Crippen LogP contribution in [0.15, 0.2) is 47.3 Å². The lowest BCUT2D eigenvalue weighted by molar-refractivity contribution is 0.0906. The highest BCUT2D eigenvalue weighted by Crippen LogP contribution is 2.15. The van der Waals surface area contributed by atoms with Gasteiger partial charge in [0.25, 0.3) is 11.5 Å². The first kappa shape index (κ1) is 15.5. The second-order valence-electron chi connectivity index (χ2n) is 5.66. The van der Waals surface area contributed by atoms with Crippen molar-refractivity contribution in [1.82, 2.24) is 10.3 Å². The van der Waals surface area contributed by atoms with E-state index in [-0.39, 0.29) is 23.1 Å². The molecule has 1 aromatic carbocycles. The maximum absolute atomic E-state index is 12.1. The van der Waals surface area contributed by atoms with E-state index < -0.39 is 0 Å². The van der Waals surface area contributed by atoms with Crippen molar-refractivity contribution in [3.8, 4) is 11.3 Å². The number of hydrogen-bond acceptors (Lipinski definition) is 3. The summed E-state index contributed by atoms with van der Waals surface area (Å²) in [5.41, 5.74) is 1.37. The van der Waals surface area contributed by atoms with Crippen molar-refractivity contribution in [2.75, 3.05) is 13.2 Å². The number of H-pyrrole nitrogens is 1. The fourth-order valence-corrected chi connectivity index (χ4v) is 2.75. The van der Waals surface area contributed by atoms with Crippen LogP contribution in [0, 0.1) is 0 Å². The van der Waals surface area contributed by atoms with E-state index in [0.29, 0.717) is 12.2 Å². The molecule has 0 spiro atoms. The molecule has 1 aliphatic rings. The normalized spacial score (nSPS) is 17.1. The van der Waals surface area contributed by atoms with Crippen molar-refractivity contribution < 1.29 is 9.53 Å². The fraction of sp³-hybridized carbons (Fsp3) is 0.333. The van der Waals surface area contributed by atoms with Gasteiger partial charge in [0.05, 0.1) is 6.10 Å². The topological polar surface area (TPSA) is 71.2 Å². The summed E-state index contributed by atoms with van der Waals surface area (Å²) in [5, 5.41) is 2.79. The van der Waals surface area contributed by atoms with Crippen LogP contribution in [0.25, 0.3) is 11.3 Å². The molecule has 0 aliphatic carbocycles. The molecule has 0 radical (unpaired) electrons. The van der Waals surface area contributed by atoms with E-state index in [1.807, 2.05) is 30.3 Å².